The minimum Gasteiger partial charge on any atom is -0.367 e. The van der Waals surface area contributed by atoms with Crippen LogP contribution in [-0.2, 0) is 4.79 Å². The van der Waals surface area contributed by atoms with E-state index in [9.17, 15) is 4.79 Å². The van der Waals surface area contributed by atoms with Crippen LogP contribution in [-0.4, -0.2) is 79.2 Å². The summed E-state index contributed by atoms with van der Waals surface area (Å²) in [6.07, 6.45) is 7.30. The van der Waals surface area contributed by atoms with Gasteiger partial charge in [-0.1, -0.05) is 6.92 Å². The van der Waals surface area contributed by atoms with Gasteiger partial charge in [0.15, 0.2) is 11.5 Å². The first-order valence-corrected chi connectivity index (χ1v) is 12.0. The second-order valence-corrected chi connectivity index (χ2v) is 8.96. The molecule has 11 heteroatoms. The van der Waals surface area contributed by atoms with Gasteiger partial charge in [-0.2, -0.15) is 5.10 Å². The Bertz CT molecular complexity index is 1560. The van der Waals surface area contributed by atoms with Gasteiger partial charge in [0.05, 0.1) is 35.0 Å². The summed E-state index contributed by atoms with van der Waals surface area (Å²) in [5, 5.41) is 11.3. The topological polar surface area (TPSA) is 132 Å². The lowest BCUT2D eigenvalue weighted by Gasteiger charge is -2.34. The zero-order valence-corrected chi connectivity index (χ0v) is 20.1. The van der Waals surface area contributed by atoms with Crippen molar-refractivity contribution in [2.45, 2.75) is 13.3 Å². The molecule has 0 spiro atoms. The summed E-state index contributed by atoms with van der Waals surface area (Å²) in [6, 6.07) is 5.86. The van der Waals surface area contributed by atoms with Gasteiger partial charge in [-0.3, -0.25) is 19.9 Å². The molecule has 6 heterocycles. The fraction of sp³-hybridized carbons (Fsp3) is 0.280. The molecule has 1 fully saturated rings. The molecule has 0 unspecified atom stereocenters. The number of anilines is 2. The standard InChI is InChI=1S/C25H26N10O/c1-3-21(36)29-16-10-15(12-26-13-16)18-11-17-19(14-28-18)32-33-22(17)25-30-23-20(4-5-27-24(23)31-25)35-8-6-34(2)7-9-35/h4-5,10-14H,3,6-9H2,1-2H3,(H,29,36)(H,32,33)(H,27,30,31). The van der Waals surface area contributed by atoms with Crippen molar-refractivity contribution in [2.24, 2.45) is 0 Å². The van der Waals surface area contributed by atoms with Gasteiger partial charge < -0.3 is 20.1 Å². The Balaban J connectivity index is 1.38. The molecule has 11 nitrogen and oxygen atoms in total. The van der Waals surface area contributed by atoms with Crippen LogP contribution in [0.4, 0.5) is 11.4 Å². The van der Waals surface area contributed by atoms with Crippen molar-refractivity contribution in [2.75, 3.05) is 43.4 Å². The maximum Gasteiger partial charge on any atom is 0.224 e. The van der Waals surface area contributed by atoms with Crippen LogP contribution < -0.4 is 10.2 Å². The van der Waals surface area contributed by atoms with E-state index in [0.717, 1.165) is 59.5 Å². The predicted octanol–water partition coefficient (Wildman–Crippen LogP) is 3.06. The molecule has 0 aromatic carbocycles. The lowest BCUT2D eigenvalue weighted by atomic mass is 10.1. The number of likely N-dealkylation sites (N-methyl/N-ethyl adjacent to an activating group) is 1. The number of carbonyl (C=O) groups is 1. The van der Waals surface area contributed by atoms with Gasteiger partial charge in [0.2, 0.25) is 5.91 Å². The van der Waals surface area contributed by atoms with Crippen LogP contribution in [0.3, 0.4) is 0 Å². The maximum absolute atomic E-state index is 11.8. The number of piperazine rings is 1. The van der Waals surface area contributed by atoms with Crippen LogP contribution in [0, 0.1) is 0 Å². The summed E-state index contributed by atoms with van der Waals surface area (Å²) in [7, 11) is 2.15. The minimum absolute atomic E-state index is 0.0658. The van der Waals surface area contributed by atoms with Crippen LogP contribution in [0.5, 0.6) is 0 Å². The Morgan fingerprint density at radius 3 is 2.81 bits per heavy atom. The number of amides is 1. The third-order valence-corrected chi connectivity index (χ3v) is 6.52. The van der Waals surface area contributed by atoms with E-state index < -0.39 is 0 Å². The summed E-state index contributed by atoms with van der Waals surface area (Å²) < 4.78 is 0. The van der Waals surface area contributed by atoms with E-state index >= 15 is 0 Å². The van der Waals surface area contributed by atoms with E-state index in [1.807, 2.05) is 31.3 Å². The fourth-order valence-corrected chi connectivity index (χ4v) is 4.47. The van der Waals surface area contributed by atoms with Gasteiger partial charge in [-0.15, -0.1) is 0 Å². The molecule has 5 aromatic heterocycles. The zero-order valence-electron chi connectivity index (χ0n) is 20.1. The molecule has 0 aliphatic carbocycles. The highest BCUT2D eigenvalue weighted by Gasteiger charge is 2.20. The van der Waals surface area contributed by atoms with Crippen molar-refractivity contribution in [1.29, 1.82) is 0 Å². The number of rotatable bonds is 5. The average Bonchev–Trinajstić information content (AvgIpc) is 3.53. The molecule has 1 aliphatic rings. The van der Waals surface area contributed by atoms with Crippen LogP contribution in [0.2, 0.25) is 0 Å². The molecule has 0 atom stereocenters. The average molecular weight is 483 g/mol. The molecule has 1 saturated heterocycles. The van der Waals surface area contributed by atoms with E-state index in [0.29, 0.717) is 29.3 Å². The Morgan fingerprint density at radius 2 is 1.97 bits per heavy atom. The smallest absolute Gasteiger partial charge is 0.224 e. The minimum atomic E-state index is -0.0658. The van der Waals surface area contributed by atoms with Crippen molar-refractivity contribution in [1.82, 2.24) is 40.0 Å². The van der Waals surface area contributed by atoms with Crippen molar-refractivity contribution < 1.29 is 4.79 Å². The summed E-state index contributed by atoms with van der Waals surface area (Å²) in [5.41, 5.74) is 6.31. The number of hydrogen-bond acceptors (Lipinski definition) is 8. The fourth-order valence-electron chi connectivity index (χ4n) is 4.47. The second kappa shape index (κ2) is 9.00. The SMILES string of the molecule is CCC(=O)Nc1cncc(-c2cc3c(-c4nc5nccc(N6CCN(C)CC6)c5[nH]4)n[nH]c3cn2)c1. The Morgan fingerprint density at radius 1 is 1.11 bits per heavy atom. The summed E-state index contributed by atoms with van der Waals surface area (Å²) >= 11 is 0. The highest BCUT2D eigenvalue weighted by molar-refractivity contribution is 5.96. The number of nitrogens with zero attached hydrogens (tertiary/aromatic N) is 7. The number of aromatic nitrogens is 7. The number of fused-ring (bicyclic) bond motifs is 2. The third kappa shape index (κ3) is 4.03. The van der Waals surface area contributed by atoms with Crippen LogP contribution >= 0.6 is 0 Å². The van der Waals surface area contributed by atoms with Gasteiger partial charge in [0.25, 0.3) is 0 Å². The summed E-state index contributed by atoms with van der Waals surface area (Å²) in [5.74, 6) is 0.577. The number of pyridine rings is 3. The highest BCUT2D eigenvalue weighted by Crippen LogP contribution is 2.31. The molecule has 6 rings (SSSR count). The first-order chi connectivity index (χ1) is 17.6. The monoisotopic (exact) mass is 482 g/mol. The highest BCUT2D eigenvalue weighted by atomic mass is 16.1. The molecular weight excluding hydrogens is 456 g/mol. The van der Waals surface area contributed by atoms with E-state index in [2.05, 4.69) is 52.3 Å². The lowest BCUT2D eigenvalue weighted by molar-refractivity contribution is -0.115. The second-order valence-electron chi connectivity index (χ2n) is 8.96. The number of aromatic amines is 2. The summed E-state index contributed by atoms with van der Waals surface area (Å²) in [6.45, 7) is 5.75. The molecule has 182 valence electrons. The third-order valence-electron chi connectivity index (χ3n) is 6.52. The number of H-pyrrole nitrogens is 2. The molecular formula is C25H26N10O. The van der Waals surface area contributed by atoms with E-state index in [1.165, 1.54) is 0 Å². The van der Waals surface area contributed by atoms with Crippen LogP contribution in [0.25, 0.3) is 44.8 Å². The largest absolute Gasteiger partial charge is 0.367 e. The molecule has 5 aromatic rings. The zero-order chi connectivity index (χ0) is 24.6. The lowest BCUT2D eigenvalue weighted by Crippen LogP contribution is -2.44. The van der Waals surface area contributed by atoms with Crippen LogP contribution in [0.15, 0.2) is 43.0 Å². The molecule has 1 amide bonds. The maximum atomic E-state index is 11.8. The Labute approximate surface area is 207 Å². The quantitative estimate of drug-likeness (QED) is 0.348. The molecule has 36 heavy (non-hydrogen) atoms. The van der Waals surface area contributed by atoms with E-state index in [1.54, 1.807) is 18.6 Å². The van der Waals surface area contributed by atoms with Gasteiger partial charge in [0, 0.05) is 55.9 Å². The predicted molar refractivity (Wildman–Crippen MR) is 139 cm³/mol. The molecule has 1 aliphatic heterocycles. The van der Waals surface area contributed by atoms with Gasteiger partial charge in [-0.05, 0) is 25.2 Å². The first-order valence-electron chi connectivity index (χ1n) is 12.0. The molecule has 0 saturated carbocycles. The van der Waals surface area contributed by atoms with Crippen LogP contribution in [0.1, 0.15) is 13.3 Å². The Kier molecular flexibility index (Phi) is 5.53. The van der Waals surface area contributed by atoms with Gasteiger partial charge >= 0.3 is 0 Å². The molecule has 3 N–H and O–H groups in total. The van der Waals surface area contributed by atoms with Crippen molar-refractivity contribution >= 4 is 39.3 Å². The summed E-state index contributed by atoms with van der Waals surface area (Å²) in [4.78, 5) is 38.1. The first kappa shape index (κ1) is 22.1. The van der Waals surface area contributed by atoms with E-state index in [-0.39, 0.29) is 5.91 Å². The van der Waals surface area contributed by atoms with Crippen molar-refractivity contribution in [3.05, 3.63) is 43.0 Å². The normalized spacial score (nSPS) is 14.6. The number of hydrogen-bond donors (Lipinski definition) is 3. The Hall–Kier alpha value is -4.38. The van der Waals surface area contributed by atoms with E-state index in [4.69, 9.17) is 4.98 Å². The number of carbonyl (C=O) groups excluding carboxylic acids is 1. The molecule has 0 bridgehead atoms. The van der Waals surface area contributed by atoms with Crippen molar-refractivity contribution in [3.8, 4) is 22.8 Å². The van der Waals surface area contributed by atoms with Gasteiger partial charge in [-0.25, -0.2) is 9.97 Å². The molecule has 0 radical (unpaired) electrons. The number of nitrogens with one attached hydrogen (secondary N) is 3. The number of imidazole rings is 1. The van der Waals surface area contributed by atoms with Crippen molar-refractivity contribution in [3.63, 3.8) is 0 Å². The van der Waals surface area contributed by atoms with Gasteiger partial charge in [0.1, 0.15) is 11.2 Å².